The van der Waals surface area contributed by atoms with Crippen LogP contribution in [-0.2, 0) is 17.6 Å². The highest BCUT2D eigenvalue weighted by Crippen LogP contribution is 2.19. The summed E-state index contributed by atoms with van der Waals surface area (Å²) >= 11 is 0. The van der Waals surface area contributed by atoms with Crippen molar-refractivity contribution in [3.63, 3.8) is 0 Å². The number of hydrogen-bond donors (Lipinski definition) is 1. The fourth-order valence-electron chi connectivity index (χ4n) is 2.55. The van der Waals surface area contributed by atoms with Crippen LogP contribution >= 0.6 is 0 Å². The van der Waals surface area contributed by atoms with Crippen molar-refractivity contribution in [2.75, 3.05) is 19.6 Å². The van der Waals surface area contributed by atoms with E-state index in [9.17, 15) is 4.79 Å². The van der Waals surface area contributed by atoms with Crippen molar-refractivity contribution in [1.82, 2.24) is 10.2 Å². The topological polar surface area (TPSA) is 32.3 Å². The summed E-state index contributed by atoms with van der Waals surface area (Å²) in [7, 11) is 0. The third-order valence-electron chi connectivity index (χ3n) is 3.89. The monoisotopic (exact) mass is 244 g/mol. The van der Waals surface area contributed by atoms with Gasteiger partial charge in [-0.1, -0.05) is 24.3 Å². The van der Waals surface area contributed by atoms with Gasteiger partial charge in [0, 0.05) is 19.1 Å². The number of carbonyl (C=O) groups excluding carboxylic acids is 1. The lowest BCUT2D eigenvalue weighted by molar-refractivity contribution is -0.130. The minimum absolute atomic E-state index is 0.259. The Balaban J connectivity index is 1.58. The van der Waals surface area contributed by atoms with Crippen molar-refractivity contribution in [2.45, 2.75) is 31.7 Å². The van der Waals surface area contributed by atoms with Crippen LogP contribution in [0, 0.1) is 0 Å². The van der Waals surface area contributed by atoms with Gasteiger partial charge in [0.05, 0.1) is 6.54 Å². The van der Waals surface area contributed by atoms with E-state index in [2.05, 4.69) is 29.6 Å². The summed E-state index contributed by atoms with van der Waals surface area (Å²) in [6.45, 7) is 2.24. The molecule has 1 aromatic carbocycles. The van der Waals surface area contributed by atoms with E-state index in [1.165, 1.54) is 24.0 Å². The Kier molecular flexibility index (Phi) is 3.33. The van der Waals surface area contributed by atoms with E-state index >= 15 is 0 Å². The van der Waals surface area contributed by atoms with E-state index in [0.29, 0.717) is 12.6 Å². The SMILES string of the molecule is O=C(CNC1CC1)N1CCc2ccccc2CC1. The van der Waals surface area contributed by atoms with Crippen LogP contribution in [0.3, 0.4) is 0 Å². The van der Waals surface area contributed by atoms with Gasteiger partial charge in [0.15, 0.2) is 0 Å². The Bertz CT molecular complexity index is 413. The summed E-state index contributed by atoms with van der Waals surface area (Å²) in [6.07, 6.45) is 4.45. The third-order valence-corrected chi connectivity index (χ3v) is 3.89. The van der Waals surface area contributed by atoms with Gasteiger partial charge in [0.2, 0.25) is 5.91 Å². The fraction of sp³-hybridized carbons (Fsp3) is 0.533. The highest BCUT2D eigenvalue weighted by Gasteiger charge is 2.23. The van der Waals surface area contributed by atoms with Gasteiger partial charge in [-0.2, -0.15) is 0 Å². The van der Waals surface area contributed by atoms with E-state index in [4.69, 9.17) is 0 Å². The van der Waals surface area contributed by atoms with Crippen molar-refractivity contribution in [2.24, 2.45) is 0 Å². The molecule has 3 nitrogen and oxygen atoms in total. The summed E-state index contributed by atoms with van der Waals surface area (Å²) in [5.41, 5.74) is 2.81. The van der Waals surface area contributed by atoms with Crippen LogP contribution in [0.4, 0.5) is 0 Å². The maximum atomic E-state index is 12.1. The molecule has 2 aliphatic rings. The zero-order valence-corrected chi connectivity index (χ0v) is 10.7. The Hall–Kier alpha value is -1.35. The second-order valence-corrected chi connectivity index (χ2v) is 5.30. The lowest BCUT2D eigenvalue weighted by Crippen LogP contribution is -2.40. The van der Waals surface area contributed by atoms with Gasteiger partial charge >= 0.3 is 0 Å². The van der Waals surface area contributed by atoms with Crippen molar-refractivity contribution >= 4 is 5.91 Å². The molecule has 0 spiro atoms. The predicted octanol–water partition coefficient (Wildman–Crippen LogP) is 1.37. The summed E-state index contributed by atoms with van der Waals surface area (Å²) in [4.78, 5) is 14.1. The van der Waals surface area contributed by atoms with Crippen LogP contribution in [0.25, 0.3) is 0 Å². The van der Waals surface area contributed by atoms with Crippen molar-refractivity contribution in [3.05, 3.63) is 35.4 Å². The quantitative estimate of drug-likeness (QED) is 0.871. The highest BCUT2D eigenvalue weighted by atomic mass is 16.2. The number of amides is 1. The average Bonchev–Trinajstić information content (AvgIpc) is 3.22. The van der Waals surface area contributed by atoms with Crippen LogP contribution in [0.15, 0.2) is 24.3 Å². The number of hydrogen-bond acceptors (Lipinski definition) is 2. The molecule has 1 saturated carbocycles. The van der Waals surface area contributed by atoms with Gasteiger partial charge in [-0.3, -0.25) is 4.79 Å². The molecule has 3 rings (SSSR count). The van der Waals surface area contributed by atoms with E-state index in [1.54, 1.807) is 0 Å². The molecule has 0 radical (unpaired) electrons. The molecule has 0 saturated heterocycles. The minimum atomic E-state index is 0.259. The molecule has 0 atom stereocenters. The maximum absolute atomic E-state index is 12.1. The fourth-order valence-corrected chi connectivity index (χ4v) is 2.55. The number of nitrogens with zero attached hydrogens (tertiary/aromatic N) is 1. The lowest BCUT2D eigenvalue weighted by Gasteiger charge is -2.20. The summed E-state index contributed by atoms with van der Waals surface area (Å²) in [6, 6.07) is 9.16. The molecule has 0 bridgehead atoms. The molecule has 96 valence electrons. The Labute approximate surface area is 108 Å². The van der Waals surface area contributed by atoms with E-state index in [0.717, 1.165) is 25.9 Å². The molecule has 1 heterocycles. The van der Waals surface area contributed by atoms with Crippen LogP contribution in [-0.4, -0.2) is 36.5 Å². The summed E-state index contributed by atoms with van der Waals surface area (Å²) in [5.74, 6) is 0.259. The van der Waals surface area contributed by atoms with Gasteiger partial charge in [0.25, 0.3) is 0 Å². The summed E-state index contributed by atoms with van der Waals surface area (Å²) in [5, 5.41) is 3.30. The number of benzene rings is 1. The molecular formula is C15H20N2O. The molecular weight excluding hydrogens is 224 g/mol. The molecule has 0 unspecified atom stereocenters. The van der Waals surface area contributed by atoms with E-state index < -0.39 is 0 Å². The van der Waals surface area contributed by atoms with Crippen molar-refractivity contribution in [1.29, 1.82) is 0 Å². The number of nitrogens with one attached hydrogen (secondary N) is 1. The van der Waals surface area contributed by atoms with Gasteiger partial charge in [-0.05, 0) is 36.8 Å². The second kappa shape index (κ2) is 5.11. The van der Waals surface area contributed by atoms with Gasteiger partial charge in [-0.25, -0.2) is 0 Å². The molecule has 1 N–H and O–H groups in total. The lowest BCUT2D eigenvalue weighted by atomic mass is 10.0. The third kappa shape index (κ3) is 2.72. The Morgan fingerprint density at radius 1 is 1.17 bits per heavy atom. The zero-order chi connectivity index (χ0) is 12.4. The largest absolute Gasteiger partial charge is 0.341 e. The standard InChI is InChI=1S/C15H20N2O/c18-15(11-16-14-5-6-14)17-9-7-12-3-1-2-4-13(12)8-10-17/h1-4,14,16H,5-11H2. The molecule has 0 aromatic heterocycles. The van der Waals surface area contributed by atoms with Gasteiger partial charge in [-0.15, -0.1) is 0 Å². The molecule has 1 aliphatic heterocycles. The predicted molar refractivity (Wildman–Crippen MR) is 71.5 cm³/mol. The summed E-state index contributed by atoms with van der Waals surface area (Å²) < 4.78 is 0. The normalized spacial score (nSPS) is 19.2. The second-order valence-electron chi connectivity index (χ2n) is 5.30. The number of rotatable bonds is 3. The van der Waals surface area contributed by atoms with Crippen molar-refractivity contribution in [3.8, 4) is 0 Å². The molecule has 1 aromatic rings. The van der Waals surface area contributed by atoms with E-state index in [-0.39, 0.29) is 5.91 Å². The first-order chi connectivity index (χ1) is 8.83. The van der Waals surface area contributed by atoms with Crippen LogP contribution in [0.1, 0.15) is 24.0 Å². The van der Waals surface area contributed by atoms with Crippen LogP contribution in [0.2, 0.25) is 0 Å². The molecule has 3 heteroatoms. The van der Waals surface area contributed by atoms with Crippen LogP contribution in [0.5, 0.6) is 0 Å². The molecule has 18 heavy (non-hydrogen) atoms. The molecule has 1 amide bonds. The minimum Gasteiger partial charge on any atom is -0.341 e. The first-order valence-corrected chi connectivity index (χ1v) is 6.91. The van der Waals surface area contributed by atoms with Crippen molar-refractivity contribution < 1.29 is 4.79 Å². The molecule has 1 fully saturated rings. The highest BCUT2D eigenvalue weighted by molar-refractivity contribution is 5.78. The van der Waals surface area contributed by atoms with Crippen LogP contribution < -0.4 is 5.32 Å². The van der Waals surface area contributed by atoms with Gasteiger partial charge in [0.1, 0.15) is 0 Å². The Morgan fingerprint density at radius 3 is 2.33 bits per heavy atom. The first kappa shape index (κ1) is 11.7. The Morgan fingerprint density at radius 2 is 1.78 bits per heavy atom. The van der Waals surface area contributed by atoms with Gasteiger partial charge < -0.3 is 10.2 Å². The number of carbonyl (C=O) groups is 1. The zero-order valence-electron chi connectivity index (χ0n) is 10.7. The maximum Gasteiger partial charge on any atom is 0.236 e. The first-order valence-electron chi connectivity index (χ1n) is 6.91. The average molecular weight is 244 g/mol. The molecule has 1 aliphatic carbocycles. The van der Waals surface area contributed by atoms with E-state index in [1.807, 2.05) is 4.90 Å². The smallest absolute Gasteiger partial charge is 0.236 e. The number of fused-ring (bicyclic) bond motifs is 1.